The van der Waals surface area contributed by atoms with E-state index in [1.54, 1.807) is 25.3 Å². The van der Waals surface area contributed by atoms with E-state index in [1.807, 2.05) is 13.8 Å². The Hall–Kier alpha value is -5.98. The van der Waals surface area contributed by atoms with E-state index >= 15 is 0 Å². The number of nitrogen functional groups attached to an aromatic ring is 2. The van der Waals surface area contributed by atoms with Gasteiger partial charge < -0.3 is 41.3 Å². The van der Waals surface area contributed by atoms with Crippen molar-refractivity contribution in [3.05, 3.63) is 66.1 Å². The second kappa shape index (κ2) is 19.1. The summed E-state index contributed by atoms with van der Waals surface area (Å²) in [5, 5.41) is 24.1. The second-order valence-electron chi connectivity index (χ2n) is 14.1. The molecule has 18 nitrogen and oxygen atoms in total. The molecule has 2 bridgehead atoms. The molecule has 0 spiro atoms. The maximum Gasteiger partial charge on any atom is 0.329 e. The normalized spacial score (nSPS) is 25.1. The number of aliphatic hydroxyl groups is 1. The van der Waals surface area contributed by atoms with Crippen molar-refractivity contribution >= 4 is 35.5 Å². The summed E-state index contributed by atoms with van der Waals surface area (Å²) in [5.41, 5.74) is 12.8. The van der Waals surface area contributed by atoms with Crippen LogP contribution in [0, 0.1) is 11.8 Å². The third-order valence-electron chi connectivity index (χ3n) is 9.15. The number of esters is 1. The van der Waals surface area contributed by atoms with Gasteiger partial charge in [-0.25, -0.2) is 19.2 Å². The highest BCUT2D eigenvalue weighted by atomic mass is 19.1. The molecule has 300 valence electrons. The van der Waals surface area contributed by atoms with Gasteiger partial charge in [0.15, 0.2) is 11.6 Å². The van der Waals surface area contributed by atoms with Crippen LogP contribution in [0.3, 0.4) is 0 Å². The summed E-state index contributed by atoms with van der Waals surface area (Å²) in [4.78, 5) is 67.0. The SMILES string of the molecule is CC1=C\[C@@H](O)C[C@@H](F)Cc2nc(co2)C(=O)N2CCC[C@@H]2C(=O)O[C@H](C(C)C)[C@H](CC(=O)NCCn2cc(-c3cc(N)nc(N)n3)nn2)/C=C/C(=O)NC\C=C\1. The first-order valence-electron chi connectivity index (χ1n) is 18.4. The number of nitrogens with zero attached hydrogens (tertiary/aromatic N) is 7. The number of fused-ring (bicyclic) bond motifs is 3. The van der Waals surface area contributed by atoms with Crippen LogP contribution in [0.5, 0.6) is 0 Å². The molecule has 2 aliphatic heterocycles. The summed E-state index contributed by atoms with van der Waals surface area (Å²) in [5.74, 6) is -2.95. The van der Waals surface area contributed by atoms with Gasteiger partial charge in [-0.2, -0.15) is 4.98 Å². The van der Waals surface area contributed by atoms with E-state index in [9.17, 15) is 28.7 Å². The fourth-order valence-electron chi connectivity index (χ4n) is 6.50. The number of carbonyl (C=O) groups is 4. The maximum absolute atomic E-state index is 14.9. The van der Waals surface area contributed by atoms with E-state index in [1.165, 1.54) is 33.9 Å². The Kier molecular flexibility index (Phi) is 14.0. The van der Waals surface area contributed by atoms with Gasteiger partial charge in [-0.3, -0.25) is 19.1 Å². The van der Waals surface area contributed by atoms with Crippen molar-refractivity contribution in [2.45, 2.75) is 83.8 Å². The van der Waals surface area contributed by atoms with Gasteiger partial charge in [0, 0.05) is 44.5 Å². The number of aliphatic hydroxyl groups excluding tert-OH is 1. The highest BCUT2D eigenvalue weighted by Crippen LogP contribution is 2.27. The molecule has 0 aliphatic carbocycles. The number of cyclic esters (lactones) is 1. The number of alkyl halides is 1. The summed E-state index contributed by atoms with van der Waals surface area (Å²) in [7, 11) is 0. The number of amides is 3. The molecule has 0 aromatic carbocycles. The number of oxazole rings is 1. The molecular weight excluding hydrogens is 729 g/mol. The van der Waals surface area contributed by atoms with Gasteiger partial charge in [-0.1, -0.05) is 48.9 Å². The third-order valence-corrected chi connectivity index (χ3v) is 9.15. The van der Waals surface area contributed by atoms with Crippen molar-refractivity contribution in [1.82, 2.24) is 45.5 Å². The molecule has 1 saturated heterocycles. The average molecular weight is 778 g/mol. The van der Waals surface area contributed by atoms with Gasteiger partial charge in [0.2, 0.25) is 17.8 Å². The minimum absolute atomic E-state index is 0.00631. The lowest BCUT2D eigenvalue weighted by Crippen LogP contribution is -2.44. The summed E-state index contributed by atoms with van der Waals surface area (Å²) < 4.78 is 27.8. The van der Waals surface area contributed by atoms with E-state index in [2.05, 4.69) is 35.9 Å². The summed E-state index contributed by atoms with van der Waals surface area (Å²) in [6, 6.07) is 0.569. The van der Waals surface area contributed by atoms with Crippen LogP contribution in [0.25, 0.3) is 11.4 Å². The lowest BCUT2D eigenvalue weighted by molar-refractivity contribution is -0.159. The highest BCUT2D eigenvalue weighted by molar-refractivity contribution is 5.95. The van der Waals surface area contributed by atoms with Gasteiger partial charge in [0.25, 0.3) is 5.91 Å². The first kappa shape index (κ1) is 41.2. The molecule has 0 radical (unpaired) electrons. The number of rotatable bonds is 7. The molecule has 1 fully saturated rings. The number of anilines is 2. The summed E-state index contributed by atoms with van der Waals surface area (Å²) in [6.45, 7) is 6.21. The number of hydrogen-bond donors (Lipinski definition) is 5. The molecule has 2 aliphatic rings. The molecule has 0 saturated carbocycles. The first-order chi connectivity index (χ1) is 26.7. The monoisotopic (exact) mass is 777 g/mol. The zero-order chi connectivity index (χ0) is 40.4. The average Bonchev–Trinajstić information content (AvgIpc) is 3.91. The zero-order valence-corrected chi connectivity index (χ0v) is 31.5. The molecule has 5 atom stereocenters. The largest absolute Gasteiger partial charge is 0.460 e. The van der Waals surface area contributed by atoms with Crippen LogP contribution in [-0.2, 0) is 32.1 Å². The van der Waals surface area contributed by atoms with Crippen molar-refractivity contribution in [3.63, 3.8) is 0 Å². The van der Waals surface area contributed by atoms with Crippen molar-refractivity contribution in [3.8, 4) is 11.4 Å². The second-order valence-corrected chi connectivity index (χ2v) is 14.1. The smallest absolute Gasteiger partial charge is 0.329 e. The number of aromatic nitrogens is 6. The Morgan fingerprint density at radius 1 is 1.14 bits per heavy atom. The molecule has 19 heteroatoms. The van der Waals surface area contributed by atoms with Gasteiger partial charge >= 0.3 is 5.97 Å². The van der Waals surface area contributed by atoms with Crippen molar-refractivity contribution in [2.75, 3.05) is 31.1 Å². The number of halogens is 1. The number of ether oxygens (including phenoxy) is 1. The van der Waals surface area contributed by atoms with E-state index in [0.29, 0.717) is 29.8 Å². The molecule has 3 aromatic rings. The van der Waals surface area contributed by atoms with Crippen LogP contribution >= 0.6 is 0 Å². The number of hydrogen-bond acceptors (Lipinski definition) is 14. The van der Waals surface area contributed by atoms with Crippen LogP contribution in [0.1, 0.15) is 62.8 Å². The minimum Gasteiger partial charge on any atom is -0.460 e. The number of allylic oxidation sites excluding steroid dienone is 2. The van der Waals surface area contributed by atoms with Gasteiger partial charge in [0.1, 0.15) is 36.1 Å². The Balaban J connectivity index is 1.32. The van der Waals surface area contributed by atoms with E-state index in [-0.39, 0.29) is 80.6 Å². The minimum atomic E-state index is -1.51. The molecule has 3 amide bonds. The molecule has 56 heavy (non-hydrogen) atoms. The van der Waals surface area contributed by atoms with Crippen molar-refractivity contribution in [2.24, 2.45) is 11.8 Å². The predicted molar refractivity (Wildman–Crippen MR) is 201 cm³/mol. The fraction of sp³-hybridized carbons (Fsp3) is 0.486. The molecular formula is C37H48FN11O7. The number of nitrogens with one attached hydrogen (secondary N) is 2. The van der Waals surface area contributed by atoms with E-state index < -0.39 is 48.1 Å². The Labute approximate surface area is 322 Å². The standard InChI is InChI=1S/C37H48FN11O7/c1-21(2)34-23(15-32(52)42-11-13-48-19-27(46-47-48)26-18-30(39)45-37(40)44-26)8-9-31(51)41-10-4-6-22(3)14-25(50)16-24(38)17-33-43-28(20-55-33)35(53)49-12-5-7-29(49)36(54)56-34/h4,6,8-9,14,18-21,23-25,29,34,50H,5,7,10-13,15-17H2,1-3H3,(H,41,51)(H,42,52)(H4,39,40,44,45)/b6-4+,9-8+,22-14+/t23-,24+,25+,29+,34+/m0/s1. The lowest BCUT2D eigenvalue weighted by atomic mass is 9.89. The first-order valence-corrected chi connectivity index (χ1v) is 18.4. The van der Waals surface area contributed by atoms with Gasteiger partial charge in [-0.15, -0.1) is 5.10 Å². The summed E-state index contributed by atoms with van der Waals surface area (Å²) in [6.07, 6.45) is 7.17. The van der Waals surface area contributed by atoms with Crippen LogP contribution in [0.2, 0.25) is 0 Å². The van der Waals surface area contributed by atoms with Gasteiger partial charge in [0.05, 0.1) is 31.0 Å². The third kappa shape index (κ3) is 11.5. The molecule has 3 aromatic heterocycles. The zero-order valence-electron chi connectivity index (χ0n) is 31.5. The molecule has 5 rings (SSSR count). The Morgan fingerprint density at radius 3 is 2.71 bits per heavy atom. The number of nitrogens with two attached hydrogens (primary N) is 2. The quantitative estimate of drug-likeness (QED) is 0.214. The van der Waals surface area contributed by atoms with Crippen molar-refractivity contribution < 1.29 is 37.8 Å². The predicted octanol–water partition coefficient (Wildman–Crippen LogP) is 1.70. The van der Waals surface area contributed by atoms with E-state index in [4.69, 9.17) is 20.6 Å². The van der Waals surface area contributed by atoms with Gasteiger partial charge in [-0.05, 0) is 31.8 Å². The van der Waals surface area contributed by atoms with Crippen molar-refractivity contribution in [1.29, 1.82) is 0 Å². The maximum atomic E-state index is 14.9. The Bertz CT molecular complexity index is 1940. The van der Waals surface area contributed by atoms with Crippen LogP contribution in [0.4, 0.5) is 16.2 Å². The van der Waals surface area contributed by atoms with Crippen LogP contribution in [0.15, 0.2) is 58.9 Å². The molecule has 7 N–H and O–H groups in total. The van der Waals surface area contributed by atoms with E-state index in [0.717, 1.165) is 6.26 Å². The molecule has 5 heterocycles. The number of carbonyl (C=O) groups excluding carboxylic acids is 4. The topological polar surface area (TPSA) is 260 Å². The van der Waals surface area contributed by atoms with Crippen LogP contribution in [-0.4, -0.2) is 108 Å². The highest BCUT2D eigenvalue weighted by Gasteiger charge is 2.39. The summed E-state index contributed by atoms with van der Waals surface area (Å²) >= 11 is 0. The lowest BCUT2D eigenvalue weighted by Gasteiger charge is -2.30. The molecule has 0 unspecified atom stereocenters. The Morgan fingerprint density at radius 2 is 1.95 bits per heavy atom. The fourth-order valence-corrected chi connectivity index (χ4v) is 6.50. The van der Waals surface area contributed by atoms with Crippen LogP contribution < -0.4 is 22.1 Å².